The summed E-state index contributed by atoms with van der Waals surface area (Å²) in [5.41, 5.74) is -1.17. The van der Waals surface area contributed by atoms with Crippen molar-refractivity contribution in [2.75, 3.05) is 11.9 Å². The van der Waals surface area contributed by atoms with Crippen molar-refractivity contribution in [2.45, 2.75) is 25.3 Å². The van der Waals surface area contributed by atoms with Crippen LogP contribution >= 0.6 is 0 Å². The van der Waals surface area contributed by atoms with E-state index in [-0.39, 0.29) is 24.3 Å². The fraction of sp³-hybridized carbons (Fsp3) is 0.462. The van der Waals surface area contributed by atoms with Gasteiger partial charge in [0.05, 0.1) is 16.6 Å². The van der Waals surface area contributed by atoms with E-state index in [1.165, 1.54) is 0 Å². The Balaban J connectivity index is 2.38. The van der Waals surface area contributed by atoms with Crippen LogP contribution in [0.4, 0.5) is 15.8 Å². The van der Waals surface area contributed by atoms with Crippen molar-refractivity contribution in [1.29, 1.82) is 0 Å². The lowest BCUT2D eigenvalue weighted by molar-refractivity contribution is -0.384. The highest BCUT2D eigenvalue weighted by Crippen LogP contribution is 2.33. The molecule has 1 aliphatic rings. The maximum absolute atomic E-state index is 13.5. The van der Waals surface area contributed by atoms with Gasteiger partial charge >= 0.3 is 5.97 Å². The molecule has 7 nitrogen and oxygen atoms in total. The van der Waals surface area contributed by atoms with E-state index in [0.717, 1.165) is 18.9 Å². The number of nitrogens with one attached hydrogen (secondary N) is 1. The van der Waals surface area contributed by atoms with Crippen LogP contribution in [0.25, 0.3) is 0 Å². The first-order chi connectivity index (χ1) is 9.93. The number of nitro benzene ring substituents is 1. The Labute approximate surface area is 119 Å². The van der Waals surface area contributed by atoms with Crippen LogP contribution < -0.4 is 5.32 Å². The monoisotopic (exact) mass is 298 g/mol. The van der Waals surface area contributed by atoms with E-state index in [1.54, 1.807) is 0 Å². The highest BCUT2D eigenvalue weighted by Gasteiger charge is 2.29. The molecule has 1 aromatic rings. The van der Waals surface area contributed by atoms with Crippen molar-refractivity contribution in [3.05, 3.63) is 33.6 Å². The minimum Gasteiger partial charge on any atom is -0.478 e. The molecular weight excluding hydrogens is 283 g/mol. The molecular formula is C13H15FN2O5. The van der Waals surface area contributed by atoms with Gasteiger partial charge in [0, 0.05) is 18.6 Å². The van der Waals surface area contributed by atoms with Crippen molar-refractivity contribution in [2.24, 2.45) is 5.92 Å². The predicted octanol–water partition coefficient (Wildman–Crippen LogP) is 2.00. The second-order valence-electron chi connectivity index (χ2n) is 5.04. The van der Waals surface area contributed by atoms with Crippen LogP contribution in [0.1, 0.15) is 29.6 Å². The molecule has 2 rings (SSSR count). The van der Waals surface area contributed by atoms with Crippen LogP contribution in [0, 0.1) is 21.8 Å². The molecule has 2 unspecified atom stereocenters. The molecule has 3 N–H and O–H groups in total. The number of anilines is 1. The second-order valence-corrected chi connectivity index (χ2v) is 5.04. The molecule has 0 spiro atoms. The Bertz CT molecular complexity index is 578. The van der Waals surface area contributed by atoms with E-state index >= 15 is 0 Å². The van der Waals surface area contributed by atoms with Gasteiger partial charge in [-0.2, -0.15) is 0 Å². The average Bonchev–Trinajstić information content (AvgIpc) is 2.86. The zero-order valence-electron chi connectivity index (χ0n) is 11.1. The van der Waals surface area contributed by atoms with Crippen LogP contribution in [0.5, 0.6) is 0 Å². The van der Waals surface area contributed by atoms with Gasteiger partial charge in [0.2, 0.25) is 0 Å². The van der Waals surface area contributed by atoms with Crippen molar-refractivity contribution < 1.29 is 24.3 Å². The van der Waals surface area contributed by atoms with Crippen LogP contribution in [0.2, 0.25) is 0 Å². The highest BCUT2D eigenvalue weighted by molar-refractivity contribution is 5.90. The Morgan fingerprint density at radius 1 is 1.48 bits per heavy atom. The average molecular weight is 298 g/mol. The number of benzene rings is 1. The molecule has 2 atom stereocenters. The number of carbonyl (C=O) groups is 1. The molecule has 0 amide bonds. The third-order valence-corrected chi connectivity index (χ3v) is 3.75. The minimum atomic E-state index is -1.49. The number of carboxylic acid groups (broad SMARTS) is 1. The lowest BCUT2D eigenvalue weighted by Crippen LogP contribution is -2.27. The summed E-state index contributed by atoms with van der Waals surface area (Å²) in [6.07, 6.45) is 2.36. The largest absolute Gasteiger partial charge is 0.478 e. The van der Waals surface area contributed by atoms with Crippen molar-refractivity contribution >= 4 is 17.3 Å². The number of aliphatic hydroxyl groups excluding tert-OH is 1. The summed E-state index contributed by atoms with van der Waals surface area (Å²) in [7, 11) is 0. The van der Waals surface area contributed by atoms with Gasteiger partial charge in [0.25, 0.3) is 5.69 Å². The van der Waals surface area contributed by atoms with E-state index < -0.39 is 28.0 Å². The molecule has 0 saturated heterocycles. The van der Waals surface area contributed by atoms with Gasteiger partial charge in [0.1, 0.15) is 11.5 Å². The summed E-state index contributed by atoms with van der Waals surface area (Å²) in [6, 6.07) is 1.35. The molecule has 1 aliphatic carbocycles. The summed E-state index contributed by atoms with van der Waals surface area (Å²) in [6.45, 7) is -0.0571. The maximum atomic E-state index is 13.5. The third kappa shape index (κ3) is 3.10. The summed E-state index contributed by atoms with van der Waals surface area (Å²) >= 11 is 0. The van der Waals surface area contributed by atoms with Crippen LogP contribution in [-0.4, -0.2) is 33.8 Å². The van der Waals surface area contributed by atoms with Gasteiger partial charge < -0.3 is 15.5 Å². The molecule has 0 heterocycles. The van der Waals surface area contributed by atoms with Gasteiger partial charge in [-0.25, -0.2) is 9.18 Å². The number of nitrogens with zero attached hydrogens (tertiary/aromatic N) is 1. The van der Waals surface area contributed by atoms with Gasteiger partial charge in [-0.15, -0.1) is 0 Å². The predicted molar refractivity (Wildman–Crippen MR) is 71.9 cm³/mol. The summed E-state index contributed by atoms with van der Waals surface area (Å²) in [4.78, 5) is 21.2. The van der Waals surface area contributed by atoms with Crippen LogP contribution in [0.15, 0.2) is 12.1 Å². The molecule has 8 heteroatoms. The number of halogens is 1. The number of nitro groups is 1. The summed E-state index contributed by atoms with van der Waals surface area (Å²) in [5.74, 6) is -2.69. The van der Waals surface area contributed by atoms with Gasteiger partial charge in [-0.3, -0.25) is 10.1 Å². The Morgan fingerprint density at radius 2 is 2.19 bits per heavy atom. The number of aliphatic hydroxyl groups is 1. The van der Waals surface area contributed by atoms with Gasteiger partial charge in [0.15, 0.2) is 0 Å². The lowest BCUT2D eigenvalue weighted by atomic mass is 10.0. The molecule has 114 valence electrons. The highest BCUT2D eigenvalue weighted by atomic mass is 19.1. The Morgan fingerprint density at radius 3 is 2.76 bits per heavy atom. The van der Waals surface area contributed by atoms with E-state index in [1.807, 2.05) is 0 Å². The maximum Gasteiger partial charge on any atom is 0.338 e. The normalized spacial score (nSPS) is 21.2. The molecule has 1 saturated carbocycles. The molecule has 0 aromatic heterocycles. The Kier molecular flexibility index (Phi) is 4.37. The van der Waals surface area contributed by atoms with E-state index in [0.29, 0.717) is 12.5 Å². The van der Waals surface area contributed by atoms with Crippen LogP contribution in [-0.2, 0) is 0 Å². The van der Waals surface area contributed by atoms with Gasteiger partial charge in [-0.1, -0.05) is 6.42 Å². The summed E-state index contributed by atoms with van der Waals surface area (Å²) in [5, 5.41) is 32.0. The first kappa shape index (κ1) is 15.2. The first-order valence-electron chi connectivity index (χ1n) is 6.52. The van der Waals surface area contributed by atoms with E-state index in [2.05, 4.69) is 5.32 Å². The zero-order chi connectivity index (χ0) is 15.6. The number of carboxylic acids is 1. The smallest absolute Gasteiger partial charge is 0.338 e. The topological polar surface area (TPSA) is 113 Å². The lowest BCUT2D eigenvalue weighted by Gasteiger charge is -2.20. The molecule has 1 fully saturated rings. The molecule has 0 bridgehead atoms. The van der Waals surface area contributed by atoms with E-state index in [9.17, 15) is 24.4 Å². The standard InChI is InChI=1S/C13H15FN2O5/c14-9-5-12(16(20)21)11(4-8(9)13(18)19)15-10-3-1-2-7(10)6-17/h4-5,7,10,15,17H,1-3,6H2,(H,18,19). The fourth-order valence-electron chi connectivity index (χ4n) is 2.64. The third-order valence-electron chi connectivity index (χ3n) is 3.75. The van der Waals surface area contributed by atoms with Gasteiger partial charge in [-0.05, 0) is 18.9 Å². The first-order valence-corrected chi connectivity index (χ1v) is 6.52. The van der Waals surface area contributed by atoms with Crippen molar-refractivity contribution in [3.63, 3.8) is 0 Å². The SMILES string of the molecule is O=C(O)c1cc(NC2CCCC2CO)c([N+](=O)[O-])cc1F. The van der Waals surface area contributed by atoms with Crippen molar-refractivity contribution in [1.82, 2.24) is 0 Å². The zero-order valence-corrected chi connectivity index (χ0v) is 11.1. The molecule has 0 radical (unpaired) electrons. The quantitative estimate of drug-likeness (QED) is 0.566. The number of hydrogen-bond donors (Lipinski definition) is 3. The molecule has 21 heavy (non-hydrogen) atoms. The number of aromatic carboxylic acids is 1. The summed E-state index contributed by atoms with van der Waals surface area (Å²) < 4.78 is 13.5. The minimum absolute atomic E-state index is 0.0378. The molecule has 1 aromatic carbocycles. The fourth-order valence-corrected chi connectivity index (χ4v) is 2.64. The Hall–Kier alpha value is -2.22. The second kappa shape index (κ2) is 6.04. The molecule has 0 aliphatic heterocycles. The number of hydrogen-bond acceptors (Lipinski definition) is 5. The van der Waals surface area contributed by atoms with E-state index in [4.69, 9.17) is 5.11 Å². The van der Waals surface area contributed by atoms with Crippen LogP contribution in [0.3, 0.4) is 0 Å². The number of rotatable bonds is 5. The van der Waals surface area contributed by atoms with Crippen molar-refractivity contribution in [3.8, 4) is 0 Å².